The van der Waals surface area contributed by atoms with Gasteiger partial charge in [0.1, 0.15) is 12.0 Å². The summed E-state index contributed by atoms with van der Waals surface area (Å²) in [4.78, 5) is 30.3. The van der Waals surface area contributed by atoms with Gasteiger partial charge in [-0.25, -0.2) is 9.78 Å². The second-order valence-corrected chi connectivity index (χ2v) is 8.51. The Hall–Kier alpha value is -4.46. The number of nitro benzene ring substituents is 1. The second kappa shape index (κ2) is 8.72. The third kappa shape index (κ3) is 3.93. The summed E-state index contributed by atoms with van der Waals surface area (Å²) >= 11 is 0. The van der Waals surface area contributed by atoms with E-state index in [2.05, 4.69) is 5.32 Å². The Morgan fingerprint density at radius 3 is 2.46 bits per heavy atom. The van der Waals surface area contributed by atoms with Gasteiger partial charge in [-0.15, -0.1) is 0 Å². The van der Waals surface area contributed by atoms with E-state index in [4.69, 9.17) is 9.72 Å². The molecule has 0 spiro atoms. The molecule has 1 atom stereocenters. The molecule has 2 heterocycles. The van der Waals surface area contributed by atoms with Gasteiger partial charge in [-0.3, -0.25) is 10.1 Å². The Morgan fingerprint density at radius 1 is 1.09 bits per heavy atom. The van der Waals surface area contributed by atoms with Crippen molar-refractivity contribution in [3.63, 3.8) is 0 Å². The van der Waals surface area contributed by atoms with Crippen LogP contribution in [0.1, 0.15) is 40.3 Å². The van der Waals surface area contributed by atoms with Gasteiger partial charge in [-0.05, 0) is 73.7 Å². The van der Waals surface area contributed by atoms with Gasteiger partial charge in [0.15, 0.2) is 5.69 Å². The molecule has 4 aromatic rings. The normalized spacial score (nSPS) is 14.5. The molecule has 35 heavy (non-hydrogen) atoms. The average molecular weight is 469 g/mol. The lowest BCUT2D eigenvalue weighted by atomic mass is 9.98. The van der Waals surface area contributed by atoms with Crippen LogP contribution in [0.15, 0.2) is 66.7 Å². The first-order valence-corrected chi connectivity index (χ1v) is 11.4. The Labute approximate surface area is 202 Å². The zero-order chi connectivity index (χ0) is 24.7. The van der Waals surface area contributed by atoms with Crippen molar-refractivity contribution in [3.05, 3.63) is 99.2 Å². The van der Waals surface area contributed by atoms with Crippen LogP contribution < -0.4 is 10.2 Å². The fraction of sp³-hybridized carbons (Fsp3) is 0.185. The number of nitrogens with zero attached hydrogens (tertiary/aromatic N) is 3. The van der Waals surface area contributed by atoms with Gasteiger partial charge in [0.2, 0.25) is 0 Å². The highest BCUT2D eigenvalue weighted by molar-refractivity contribution is 6.08. The van der Waals surface area contributed by atoms with Crippen LogP contribution in [0.25, 0.3) is 10.8 Å². The van der Waals surface area contributed by atoms with Gasteiger partial charge in [-0.1, -0.05) is 23.8 Å². The minimum absolute atomic E-state index is 0.0206. The molecule has 8 heteroatoms. The summed E-state index contributed by atoms with van der Waals surface area (Å²) in [6.45, 7) is 6.03. The maximum Gasteiger partial charge on any atom is 0.357 e. The standard InChI is InChI=1S/C27H24N4O4/c1-4-35-27(32)23-15-21-17(3)7-14-22-24(21)26(29-23)30(19-10-5-16(2)6-11-19)25(28-22)18-8-12-20(13-9-18)31(33)34/h5-15,25,28H,4H2,1-3H3. The number of aromatic nitrogens is 1. The summed E-state index contributed by atoms with van der Waals surface area (Å²) in [5, 5.41) is 16.6. The highest BCUT2D eigenvalue weighted by atomic mass is 16.6. The molecule has 0 saturated heterocycles. The van der Waals surface area contributed by atoms with Gasteiger partial charge >= 0.3 is 5.97 Å². The molecule has 0 fully saturated rings. The van der Waals surface area contributed by atoms with Gasteiger partial charge in [0.25, 0.3) is 5.69 Å². The van der Waals surface area contributed by atoms with Crippen molar-refractivity contribution in [2.75, 3.05) is 16.8 Å². The molecular formula is C27H24N4O4. The number of ether oxygens (including phenoxy) is 1. The number of pyridine rings is 1. The molecule has 176 valence electrons. The van der Waals surface area contributed by atoms with Gasteiger partial charge in [0, 0.05) is 28.9 Å². The first-order chi connectivity index (χ1) is 16.9. The summed E-state index contributed by atoms with van der Waals surface area (Å²) in [6.07, 6.45) is -0.415. The van der Waals surface area contributed by atoms with Crippen LogP contribution in [0.5, 0.6) is 0 Å². The molecule has 1 N–H and O–H groups in total. The third-order valence-electron chi connectivity index (χ3n) is 6.19. The van der Waals surface area contributed by atoms with Gasteiger partial charge in [0.05, 0.1) is 11.5 Å². The smallest absolute Gasteiger partial charge is 0.357 e. The summed E-state index contributed by atoms with van der Waals surface area (Å²) in [6, 6.07) is 20.3. The van der Waals surface area contributed by atoms with E-state index >= 15 is 0 Å². The predicted molar refractivity (Wildman–Crippen MR) is 135 cm³/mol. The number of anilines is 3. The SMILES string of the molecule is CCOC(=O)c1cc2c(C)ccc3c2c(n1)N(c1ccc(C)cc1)C(c1ccc([N+](=O)[O-])cc1)N3. The van der Waals surface area contributed by atoms with E-state index in [1.54, 1.807) is 25.1 Å². The summed E-state index contributed by atoms with van der Waals surface area (Å²) < 4.78 is 5.27. The predicted octanol–water partition coefficient (Wildman–Crippen LogP) is 6.20. The topological polar surface area (TPSA) is 97.6 Å². The van der Waals surface area contributed by atoms with Crippen LogP contribution in [0.3, 0.4) is 0 Å². The second-order valence-electron chi connectivity index (χ2n) is 8.51. The number of esters is 1. The minimum atomic E-state index is -0.482. The number of hydrogen-bond donors (Lipinski definition) is 1. The highest BCUT2D eigenvalue weighted by Crippen LogP contribution is 2.46. The van der Waals surface area contributed by atoms with Crippen LogP contribution >= 0.6 is 0 Å². The summed E-state index contributed by atoms with van der Waals surface area (Å²) in [7, 11) is 0. The van der Waals surface area contributed by atoms with Crippen LogP contribution in [0.4, 0.5) is 22.9 Å². The number of carbonyl (C=O) groups is 1. The molecule has 0 amide bonds. The van der Waals surface area contributed by atoms with E-state index in [0.717, 1.165) is 38.8 Å². The maximum atomic E-state index is 12.7. The first kappa shape index (κ1) is 22.3. The van der Waals surface area contributed by atoms with Crippen molar-refractivity contribution >= 4 is 39.6 Å². The van der Waals surface area contributed by atoms with Crippen molar-refractivity contribution in [1.29, 1.82) is 0 Å². The van der Waals surface area contributed by atoms with E-state index in [0.29, 0.717) is 5.82 Å². The largest absolute Gasteiger partial charge is 0.461 e. The number of non-ortho nitro benzene ring substituents is 1. The van der Waals surface area contributed by atoms with E-state index < -0.39 is 17.1 Å². The monoisotopic (exact) mass is 468 g/mol. The van der Waals surface area contributed by atoms with Crippen LogP contribution in [-0.2, 0) is 4.74 Å². The van der Waals surface area contributed by atoms with Crippen molar-refractivity contribution in [1.82, 2.24) is 4.98 Å². The number of benzene rings is 3. The number of aryl methyl sites for hydroxylation is 2. The number of carbonyl (C=O) groups excluding carboxylic acids is 1. The van der Waals surface area contributed by atoms with Crippen LogP contribution in [-0.4, -0.2) is 22.5 Å². The number of hydrogen-bond acceptors (Lipinski definition) is 7. The lowest BCUT2D eigenvalue weighted by Gasteiger charge is -2.39. The lowest BCUT2D eigenvalue weighted by molar-refractivity contribution is -0.384. The summed E-state index contributed by atoms with van der Waals surface area (Å²) in [5.41, 5.74) is 4.93. The fourth-order valence-corrected chi connectivity index (χ4v) is 4.42. The zero-order valence-electron chi connectivity index (χ0n) is 19.6. The number of nitrogens with one attached hydrogen (secondary N) is 1. The quantitative estimate of drug-likeness (QED) is 0.212. The Kier molecular flexibility index (Phi) is 5.56. The Balaban J connectivity index is 1.76. The first-order valence-electron chi connectivity index (χ1n) is 11.4. The maximum absolute atomic E-state index is 12.7. The van der Waals surface area contributed by atoms with E-state index in [-0.39, 0.29) is 18.0 Å². The lowest BCUT2D eigenvalue weighted by Crippen LogP contribution is -2.34. The molecule has 0 radical (unpaired) electrons. The molecule has 0 aliphatic carbocycles. The fourth-order valence-electron chi connectivity index (χ4n) is 4.42. The van der Waals surface area contributed by atoms with E-state index in [1.165, 1.54) is 12.1 Å². The van der Waals surface area contributed by atoms with Crippen molar-refractivity contribution in [3.8, 4) is 0 Å². The van der Waals surface area contributed by atoms with Crippen molar-refractivity contribution in [2.24, 2.45) is 0 Å². The van der Waals surface area contributed by atoms with Gasteiger partial charge < -0.3 is 15.0 Å². The third-order valence-corrected chi connectivity index (χ3v) is 6.19. The molecule has 1 unspecified atom stereocenters. The molecule has 3 aromatic carbocycles. The Bertz CT molecular complexity index is 1450. The highest BCUT2D eigenvalue weighted by Gasteiger charge is 2.32. The minimum Gasteiger partial charge on any atom is -0.461 e. The van der Waals surface area contributed by atoms with Crippen LogP contribution in [0, 0.1) is 24.0 Å². The van der Waals surface area contributed by atoms with Crippen LogP contribution in [0.2, 0.25) is 0 Å². The molecule has 0 bridgehead atoms. The molecule has 1 aliphatic heterocycles. The van der Waals surface area contributed by atoms with Crippen molar-refractivity contribution in [2.45, 2.75) is 26.9 Å². The summed E-state index contributed by atoms with van der Waals surface area (Å²) in [5.74, 6) is 0.139. The number of rotatable bonds is 5. The molecule has 1 aromatic heterocycles. The van der Waals surface area contributed by atoms with E-state index in [1.807, 2.05) is 55.1 Å². The van der Waals surface area contributed by atoms with Crippen molar-refractivity contribution < 1.29 is 14.5 Å². The molecule has 8 nitrogen and oxygen atoms in total. The average Bonchev–Trinajstić information content (AvgIpc) is 2.86. The van der Waals surface area contributed by atoms with Gasteiger partial charge in [-0.2, -0.15) is 0 Å². The zero-order valence-corrected chi connectivity index (χ0v) is 19.6. The van der Waals surface area contributed by atoms with E-state index in [9.17, 15) is 14.9 Å². The molecule has 5 rings (SSSR count). The molecular weight excluding hydrogens is 444 g/mol. The number of nitro groups is 1. The molecule has 1 aliphatic rings. The Morgan fingerprint density at radius 2 is 1.80 bits per heavy atom. The molecule has 0 saturated carbocycles.